The van der Waals surface area contributed by atoms with E-state index in [1.54, 1.807) is 7.11 Å². The third kappa shape index (κ3) is 3.09. The van der Waals surface area contributed by atoms with Gasteiger partial charge in [0.2, 0.25) is 0 Å². The average Bonchev–Trinajstić information content (AvgIpc) is 2.39. The Kier molecular flexibility index (Phi) is 4.48. The van der Waals surface area contributed by atoms with Gasteiger partial charge in [-0.2, -0.15) is 0 Å². The van der Waals surface area contributed by atoms with Gasteiger partial charge >= 0.3 is 5.97 Å². The van der Waals surface area contributed by atoms with Crippen LogP contribution in [0.15, 0.2) is 0 Å². The van der Waals surface area contributed by atoms with Crippen molar-refractivity contribution in [3.8, 4) is 0 Å². The summed E-state index contributed by atoms with van der Waals surface area (Å²) in [6, 6.07) is 0.292. The van der Waals surface area contributed by atoms with Crippen molar-refractivity contribution in [1.29, 1.82) is 0 Å². The minimum absolute atomic E-state index is 0.257. The first-order valence-corrected chi connectivity index (χ1v) is 7.25. The number of carboxylic acid groups (broad SMARTS) is 1. The number of rotatable bonds is 3. The third-order valence-electron chi connectivity index (χ3n) is 4.93. The van der Waals surface area contributed by atoms with Gasteiger partial charge in [-0.15, -0.1) is 0 Å². The summed E-state index contributed by atoms with van der Waals surface area (Å²) in [5, 5.41) is 9.29. The molecule has 0 aromatic carbocycles. The number of hydrogen-bond acceptors (Lipinski definition) is 4. The Morgan fingerprint density at radius 3 is 2.84 bits per heavy atom. The van der Waals surface area contributed by atoms with E-state index in [0.717, 1.165) is 32.4 Å². The molecule has 0 aromatic rings. The lowest BCUT2D eigenvalue weighted by atomic mass is 9.78. The number of carbonyl (C=O) groups is 1. The maximum atomic E-state index is 11.3. The van der Waals surface area contributed by atoms with E-state index < -0.39 is 11.5 Å². The molecule has 4 unspecified atom stereocenters. The van der Waals surface area contributed by atoms with Crippen molar-refractivity contribution in [2.75, 3.05) is 20.2 Å². The van der Waals surface area contributed by atoms with E-state index in [-0.39, 0.29) is 6.10 Å². The summed E-state index contributed by atoms with van der Waals surface area (Å²) in [5.74, 6) is -0.280. The maximum Gasteiger partial charge on any atom is 0.323 e. The van der Waals surface area contributed by atoms with E-state index in [4.69, 9.17) is 10.5 Å². The van der Waals surface area contributed by atoms with Crippen molar-refractivity contribution < 1.29 is 14.6 Å². The second-order valence-corrected chi connectivity index (χ2v) is 6.25. The number of aliphatic carboxylic acids is 1. The first-order valence-electron chi connectivity index (χ1n) is 7.25. The molecule has 2 fully saturated rings. The van der Waals surface area contributed by atoms with E-state index in [9.17, 15) is 9.90 Å². The molecule has 5 heteroatoms. The van der Waals surface area contributed by atoms with Crippen LogP contribution in [0.4, 0.5) is 0 Å². The summed E-state index contributed by atoms with van der Waals surface area (Å²) in [7, 11) is 1.76. The summed E-state index contributed by atoms with van der Waals surface area (Å²) in [5.41, 5.74) is 5.00. The predicted molar refractivity (Wildman–Crippen MR) is 73.0 cm³/mol. The Labute approximate surface area is 115 Å². The lowest BCUT2D eigenvalue weighted by molar-refractivity contribution is -0.145. The monoisotopic (exact) mass is 270 g/mol. The van der Waals surface area contributed by atoms with Crippen molar-refractivity contribution in [3.05, 3.63) is 0 Å². The maximum absolute atomic E-state index is 11.3. The van der Waals surface area contributed by atoms with Crippen LogP contribution in [0.25, 0.3) is 0 Å². The van der Waals surface area contributed by atoms with Gasteiger partial charge < -0.3 is 15.6 Å². The Morgan fingerprint density at radius 2 is 2.21 bits per heavy atom. The fourth-order valence-electron chi connectivity index (χ4n) is 3.48. The Morgan fingerprint density at radius 1 is 1.47 bits per heavy atom. The lowest BCUT2D eigenvalue weighted by Crippen LogP contribution is -2.58. The summed E-state index contributed by atoms with van der Waals surface area (Å²) < 4.78 is 5.53. The molecule has 3 N–H and O–H groups in total. The van der Waals surface area contributed by atoms with E-state index in [0.29, 0.717) is 24.8 Å². The van der Waals surface area contributed by atoms with Crippen LogP contribution in [0.1, 0.15) is 39.0 Å². The molecule has 4 atom stereocenters. The molecular formula is C14H26N2O3. The van der Waals surface area contributed by atoms with Gasteiger partial charge in [0.25, 0.3) is 0 Å². The van der Waals surface area contributed by atoms with Crippen LogP contribution >= 0.6 is 0 Å². The van der Waals surface area contributed by atoms with Crippen LogP contribution in [0.3, 0.4) is 0 Å². The zero-order chi connectivity index (χ0) is 14.0. The van der Waals surface area contributed by atoms with E-state index in [2.05, 4.69) is 11.8 Å². The molecule has 19 heavy (non-hydrogen) atoms. The lowest BCUT2D eigenvalue weighted by Gasteiger charge is -2.45. The largest absolute Gasteiger partial charge is 0.480 e. The standard InChI is InChI=1S/C14H26N2O3/c1-10-5-7-16(9-12(10)19-2)11-4-3-6-14(15,8-11)13(17)18/h10-12H,3-9,15H2,1-2H3,(H,17,18). The molecule has 1 saturated heterocycles. The zero-order valence-corrected chi connectivity index (χ0v) is 12.0. The molecule has 0 radical (unpaired) electrons. The van der Waals surface area contributed by atoms with Crippen molar-refractivity contribution in [1.82, 2.24) is 4.90 Å². The van der Waals surface area contributed by atoms with Crippen LogP contribution in [0, 0.1) is 5.92 Å². The molecule has 110 valence electrons. The normalized spacial score (nSPS) is 41.1. The number of nitrogens with two attached hydrogens (primary N) is 1. The number of nitrogens with zero attached hydrogens (tertiary/aromatic N) is 1. The number of methoxy groups -OCH3 is 1. The van der Waals surface area contributed by atoms with Crippen molar-refractivity contribution >= 4 is 5.97 Å². The van der Waals surface area contributed by atoms with Crippen molar-refractivity contribution in [2.24, 2.45) is 11.7 Å². The van der Waals surface area contributed by atoms with Crippen LogP contribution < -0.4 is 5.73 Å². The summed E-state index contributed by atoms with van der Waals surface area (Å²) in [4.78, 5) is 13.7. The van der Waals surface area contributed by atoms with Gasteiger partial charge in [0, 0.05) is 19.7 Å². The van der Waals surface area contributed by atoms with Gasteiger partial charge in [0.05, 0.1) is 6.10 Å². The molecule has 2 aliphatic rings. The summed E-state index contributed by atoms with van der Waals surface area (Å²) >= 11 is 0. The average molecular weight is 270 g/mol. The highest BCUT2D eigenvalue weighted by atomic mass is 16.5. The fourth-order valence-corrected chi connectivity index (χ4v) is 3.48. The molecule has 0 spiro atoms. The summed E-state index contributed by atoms with van der Waals surface area (Å²) in [6.07, 6.45) is 4.48. The van der Waals surface area contributed by atoms with Gasteiger partial charge in [0.15, 0.2) is 0 Å². The minimum atomic E-state index is -1.03. The third-order valence-corrected chi connectivity index (χ3v) is 4.93. The first kappa shape index (κ1) is 14.8. The molecule has 0 amide bonds. The molecule has 5 nitrogen and oxygen atoms in total. The number of ether oxygens (including phenoxy) is 1. The second kappa shape index (κ2) is 5.77. The highest BCUT2D eigenvalue weighted by Crippen LogP contribution is 2.32. The molecule has 1 saturated carbocycles. The molecule has 1 heterocycles. The van der Waals surface area contributed by atoms with Gasteiger partial charge in [-0.05, 0) is 44.6 Å². The minimum Gasteiger partial charge on any atom is -0.480 e. The number of piperidine rings is 1. The summed E-state index contributed by atoms with van der Waals surface area (Å²) in [6.45, 7) is 4.15. The van der Waals surface area contributed by atoms with Gasteiger partial charge in [0.1, 0.15) is 5.54 Å². The molecule has 0 aromatic heterocycles. The topological polar surface area (TPSA) is 75.8 Å². The number of likely N-dealkylation sites (tertiary alicyclic amines) is 1. The van der Waals surface area contributed by atoms with Gasteiger partial charge in [-0.25, -0.2) is 0 Å². The van der Waals surface area contributed by atoms with Crippen LogP contribution in [0.2, 0.25) is 0 Å². The Balaban J connectivity index is 2.00. The molecule has 1 aliphatic carbocycles. The zero-order valence-electron chi connectivity index (χ0n) is 12.0. The van der Waals surface area contributed by atoms with E-state index in [1.165, 1.54) is 0 Å². The number of hydrogen-bond donors (Lipinski definition) is 2. The van der Waals surface area contributed by atoms with Crippen LogP contribution in [-0.4, -0.2) is 53.9 Å². The molecule has 2 rings (SSSR count). The van der Waals surface area contributed by atoms with Crippen molar-refractivity contribution in [3.63, 3.8) is 0 Å². The van der Waals surface area contributed by atoms with Gasteiger partial charge in [-0.1, -0.05) is 6.92 Å². The SMILES string of the molecule is COC1CN(C2CCCC(N)(C(=O)O)C2)CCC1C. The van der Waals surface area contributed by atoms with Crippen LogP contribution in [-0.2, 0) is 9.53 Å². The van der Waals surface area contributed by atoms with Crippen LogP contribution in [0.5, 0.6) is 0 Å². The highest BCUT2D eigenvalue weighted by molar-refractivity contribution is 5.78. The Bertz CT molecular complexity index is 337. The highest BCUT2D eigenvalue weighted by Gasteiger charge is 2.42. The van der Waals surface area contributed by atoms with E-state index in [1.807, 2.05) is 0 Å². The number of carboxylic acids is 1. The first-order chi connectivity index (χ1) is 8.96. The smallest absolute Gasteiger partial charge is 0.323 e. The van der Waals surface area contributed by atoms with Crippen molar-refractivity contribution in [2.45, 2.75) is 56.7 Å². The predicted octanol–water partition coefficient (Wildman–Crippen LogP) is 1.07. The molecule has 1 aliphatic heterocycles. The second-order valence-electron chi connectivity index (χ2n) is 6.25. The Hall–Kier alpha value is -0.650. The van der Waals surface area contributed by atoms with Gasteiger partial charge in [-0.3, -0.25) is 9.69 Å². The molecule has 0 bridgehead atoms. The fraction of sp³-hybridized carbons (Fsp3) is 0.929. The quantitative estimate of drug-likeness (QED) is 0.802. The molecular weight excluding hydrogens is 244 g/mol. The van der Waals surface area contributed by atoms with E-state index >= 15 is 0 Å².